The van der Waals surface area contributed by atoms with Crippen LogP contribution in [-0.2, 0) is 36.6 Å². The van der Waals surface area contributed by atoms with Crippen molar-refractivity contribution in [3.8, 4) is 0 Å². The van der Waals surface area contributed by atoms with E-state index in [2.05, 4.69) is 75.9 Å². The van der Waals surface area contributed by atoms with Crippen LogP contribution < -0.4 is 10.4 Å². The van der Waals surface area contributed by atoms with Gasteiger partial charge < -0.3 is 28.5 Å². The zero-order valence-electron chi connectivity index (χ0n) is 27.0. The Bertz CT molecular complexity index is 1420. The van der Waals surface area contributed by atoms with E-state index in [9.17, 15) is 5.11 Å². The summed E-state index contributed by atoms with van der Waals surface area (Å²) in [6, 6.07) is 40.9. The van der Waals surface area contributed by atoms with E-state index in [1.54, 1.807) is 6.08 Å². The quantitative estimate of drug-likeness (QED) is 0.135. The normalized spacial score (nSPS) is 22.0. The van der Waals surface area contributed by atoms with Crippen LogP contribution >= 0.6 is 0 Å². The van der Waals surface area contributed by atoms with Crippen LogP contribution in [0.3, 0.4) is 0 Å². The van der Waals surface area contributed by atoms with Gasteiger partial charge in [0.05, 0.1) is 26.4 Å². The molecular formula is C39H46O6Si. The predicted molar refractivity (Wildman–Crippen MR) is 184 cm³/mol. The van der Waals surface area contributed by atoms with Crippen LogP contribution in [0.5, 0.6) is 0 Å². The number of ether oxygens (including phenoxy) is 4. The second-order valence-corrected chi connectivity index (χ2v) is 17.0. The van der Waals surface area contributed by atoms with Gasteiger partial charge in [-0.15, -0.1) is 6.58 Å². The van der Waals surface area contributed by atoms with Gasteiger partial charge >= 0.3 is 0 Å². The Labute approximate surface area is 274 Å². The molecule has 1 heterocycles. The van der Waals surface area contributed by atoms with Gasteiger partial charge in [-0.25, -0.2) is 0 Å². The highest BCUT2D eigenvalue weighted by Gasteiger charge is 2.53. The highest BCUT2D eigenvalue weighted by atomic mass is 28.4. The molecule has 46 heavy (non-hydrogen) atoms. The third kappa shape index (κ3) is 7.93. The standard InChI is InChI=1S/C39H46O6Si/c1-5-26-41-37-36(43-28-31-20-12-7-13-21-31)35(42-27-30-18-10-6-11-19-30)34(45-38(37)40)29-44-46(39(2,3)4,32-22-14-8-15-23-32)33-24-16-9-17-25-33/h5-25,34-38,40H,1,26-29H2,2-4H3/t34-,35-,36+,37+,38+/m1/s1. The summed E-state index contributed by atoms with van der Waals surface area (Å²) in [4.78, 5) is 0. The first kappa shape index (κ1) is 33.9. The summed E-state index contributed by atoms with van der Waals surface area (Å²) in [6.45, 7) is 11.6. The average molecular weight is 639 g/mol. The molecular weight excluding hydrogens is 593 g/mol. The maximum absolute atomic E-state index is 11.4. The lowest BCUT2D eigenvalue weighted by Gasteiger charge is -2.47. The second kappa shape index (κ2) is 15.9. The molecule has 242 valence electrons. The maximum atomic E-state index is 11.4. The molecule has 0 saturated carbocycles. The Morgan fingerprint density at radius 1 is 0.674 bits per heavy atom. The van der Waals surface area contributed by atoms with Crippen molar-refractivity contribution in [3.05, 3.63) is 145 Å². The molecule has 0 aromatic heterocycles. The molecule has 0 spiro atoms. The van der Waals surface area contributed by atoms with Crippen LogP contribution in [-0.4, -0.2) is 57.3 Å². The summed E-state index contributed by atoms with van der Waals surface area (Å²) in [6.07, 6.45) is -2.32. The topological polar surface area (TPSA) is 66.4 Å². The molecule has 7 heteroatoms. The Morgan fingerprint density at radius 3 is 1.59 bits per heavy atom. The second-order valence-electron chi connectivity index (χ2n) is 12.6. The van der Waals surface area contributed by atoms with Gasteiger partial charge in [0.25, 0.3) is 8.32 Å². The van der Waals surface area contributed by atoms with Crippen LogP contribution in [0.4, 0.5) is 0 Å². The van der Waals surface area contributed by atoms with Gasteiger partial charge in [0.15, 0.2) is 6.29 Å². The van der Waals surface area contributed by atoms with Crippen LogP contribution in [0.25, 0.3) is 0 Å². The summed E-state index contributed by atoms with van der Waals surface area (Å²) in [7, 11) is -2.91. The minimum absolute atomic E-state index is 0.184. The molecule has 1 aliphatic rings. The maximum Gasteiger partial charge on any atom is 0.261 e. The van der Waals surface area contributed by atoms with Crippen LogP contribution in [0.2, 0.25) is 5.04 Å². The minimum atomic E-state index is -2.91. The lowest BCUT2D eigenvalue weighted by Crippen LogP contribution is -2.68. The fourth-order valence-electron chi connectivity index (χ4n) is 6.28. The number of hydrogen-bond acceptors (Lipinski definition) is 6. The van der Waals surface area contributed by atoms with Gasteiger partial charge in [0, 0.05) is 0 Å². The highest BCUT2D eigenvalue weighted by molar-refractivity contribution is 6.99. The molecule has 1 fully saturated rings. The van der Waals surface area contributed by atoms with Gasteiger partial charge in [-0.3, -0.25) is 0 Å². The van der Waals surface area contributed by atoms with E-state index in [4.69, 9.17) is 23.4 Å². The van der Waals surface area contributed by atoms with Crippen molar-refractivity contribution in [1.29, 1.82) is 0 Å². The largest absolute Gasteiger partial charge is 0.405 e. The summed E-state index contributed by atoms with van der Waals surface area (Å²) >= 11 is 0. The average Bonchev–Trinajstić information content (AvgIpc) is 3.08. The van der Waals surface area contributed by atoms with Crippen molar-refractivity contribution in [2.75, 3.05) is 13.2 Å². The van der Waals surface area contributed by atoms with E-state index in [-0.39, 0.29) is 18.3 Å². The predicted octanol–water partition coefficient (Wildman–Crippen LogP) is 6.02. The van der Waals surface area contributed by atoms with Crippen molar-refractivity contribution in [3.63, 3.8) is 0 Å². The van der Waals surface area contributed by atoms with Crippen molar-refractivity contribution < 1.29 is 28.5 Å². The minimum Gasteiger partial charge on any atom is -0.405 e. The molecule has 5 atom stereocenters. The zero-order chi connectivity index (χ0) is 32.4. The number of rotatable bonds is 14. The lowest BCUT2D eigenvalue weighted by molar-refractivity contribution is -0.311. The Balaban J connectivity index is 1.51. The molecule has 6 nitrogen and oxygen atoms in total. The molecule has 5 rings (SSSR count). The van der Waals surface area contributed by atoms with Gasteiger partial charge in [0.1, 0.15) is 24.4 Å². The van der Waals surface area contributed by atoms with E-state index in [1.165, 1.54) is 0 Å². The van der Waals surface area contributed by atoms with E-state index in [1.807, 2.05) is 72.8 Å². The van der Waals surface area contributed by atoms with Crippen molar-refractivity contribution in [2.24, 2.45) is 0 Å². The zero-order valence-corrected chi connectivity index (χ0v) is 28.0. The molecule has 0 bridgehead atoms. The Morgan fingerprint density at radius 2 is 1.13 bits per heavy atom. The van der Waals surface area contributed by atoms with Crippen molar-refractivity contribution in [2.45, 2.75) is 69.7 Å². The van der Waals surface area contributed by atoms with Crippen molar-refractivity contribution >= 4 is 18.7 Å². The van der Waals surface area contributed by atoms with Crippen molar-refractivity contribution in [1.82, 2.24) is 0 Å². The molecule has 1 N–H and O–H groups in total. The summed E-state index contributed by atoms with van der Waals surface area (Å²) in [5, 5.41) is 13.5. The van der Waals surface area contributed by atoms with Crippen LogP contribution in [0.15, 0.2) is 134 Å². The molecule has 4 aromatic carbocycles. The molecule has 0 aliphatic carbocycles. The first-order chi connectivity index (χ1) is 22.3. The summed E-state index contributed by atoms with van der Waals surface area (Å²) in [5.41, 5.74) is 2.03. The lowest BCUT2D eigenvalue weighted by atomic mass is 9.98. The third-order valence-corrected chi connectivity index (χ3v) is 13.5. The Kier molecular flexibility index (Phi) is 11.8. The molecule has 1 aliphatic heterocycles. The summed E-state index contributed by atoms with van der Waals surface area (Å²) < 4.78 is 33.0. The molecule has 1 saturated heterocycles. The molecule has 0 radical (unpaired) electrons. The third-order valence-electron chi connectivity index (χ3n) is 8.47. The van der Waals surface area contributed by atoms with Gasteiger partial charge in [-0.1, -0.05) is 148 Å². The van der Waals surface area contributed by atoms with Crippen LogP contribution in [0, 0.1) is 0 Å². The van der Waals surface area contributed by atoms with Gasteiger partial charge in [-0.05, 0) is 26.5 Å². The molecule has 4 aromatic rings. The fraction of sp³-hybridized carbons (Fsp3) is 0.333. The van der Waals surface area contributed by atoms with E-state index in [0.29, 0.717) is 13.2 Å². The molecule has 0 unspecified atom stereocenters. The smallest absolute Gasteiger partial charge is 0.261 e. The van der Waals surface area contributed by atoms with Gasteiger partial charge in [-0.2, -0.15) is 0 Å². The monoisotopic (exact) mass is 638 g/mol. The SMILES string of the molecule is C=CCO[C@H]1[C@@H](OCc2ccccc2)[C@H](OCc2ccccc2)[C@@H](CO[Si](c2ccccc2)(c2ccccc2)C(C)(C)C)O[C@@H]1O. The number of aliphatic hydroxyl groups is 1. The fourth-order valence-corrected chi connectivity index (χ4v) is 10.8. The van der Waals surface area contributed by atoms with Crippen LogP contribution in [0.1, 0.15) is 31.9 Å². The summed E-state index contributed by atoms with van der Waals surface area (Å²) in [5.74, 6) is 0. The van der Waals surface area contributed by atoms with E-state index in [0.717, 1.165) is 21.5 Å². The number of benzene rings is 4. The first-order valence-corrected chi connectivity index (χ1v) is 17.9. The van der Waals surface area contributed by atoms with E-state index >= 15 is 0 Å². The number of aliphatic hydroxyl groups excluding tert-OH is 1. The number of hydrogen-bond donors (Lipinski definition) is 1. The van der Waals surface area contributed by atoms with E-state index < -0.39 is 39.0 Å². The van der Waals surface area contributed by atoms with Gasteiger partial charge in [0.2, 0.25) is 0 Å². The first-order valence-electron chi connectivity index (χ1n) is 16.0. The Hall–Kier alpha value is -3.40. The highest BCUT2D eigenvalue weighted by Crippen LogP contribution is 2.38. The molecule has 0 amide bonds.